The number of nitro benzene ring substituents is 10. The van der Waals surface area contributed by atoms with E-state index in [9.17, 15) is 152 Å². The molecule has 1 aliphatic carbocycles. The third-order valence-electron chi connectivity index (χ3n) is 12.1. The van der Waals surface area contributed by atoms with Crippen LogP contribution in [0.5, 0.6) is 57.5 Å². The van der Waals surface area contributed by atoms with Gasteiger partial charge in [-0.1, -0.05) is 221 Å². The first-order chi connectivity index (χ1) is 50.2. The number of nitrogens with zero attached hydrogens (tertiary/aromatic N) is 10. The molecule has 11 rings (SSSR count). The van der Waals surface area contributed by atoms with E-state index < -0.39 is 107 Å². The van der Waals surface area contributed by atoms with Crippen LogP contribution in [-0.4, -0.2) is 49.2 Å². The van der Waals surface area contributed by atoms with Gasteiger partial charge >= 0.3 is 304 Å². The maximum absolute atomic E-state index is 10.6. The summed E-state index contributed by atoms with van der Waals surface area (Å²) in [5, 5.41) is 206. The average molecular weight is 1930 g/mol. The van der Waals surface area contributed by atoms with Crippen molar-refractivity contribution in [3.63, 3.8) is 0 Å². The largest absolute Gasteiger partial charge is 3.00 e. The van der Waals surface area contributed by atoms with E-state index in [0.29, 0.717) is 0 Å². The van der Waals surface area contributed by atoms with Crippen LogP contribution < -0.4 is 257 Å². The first-order valence-electron chi connectivity index (χ1n) is 29.2. The Morgan fingerprint density at radius 2 is 0.214 bits per heavy atom. The summed E-state index contributed by atoms with van der Waals surface area (Å²) in [6.07, 6.45) is 9.00. The van der Waals surface area contributed by atoms with E-state index in [1.807, 2.05) is 0 Å². The van der Waals surface area contributed by atoms with Crippen LogP contribution >= 0.6 is 0 Å². The second kappa shape index (κ2) is 67.1. The number of nitro groups is 10. The Hall–Kier alpha value is -6.09. The maximum Gasteiger partial charge on any atom is 3.00 e. The predicted octanol–water partition coefficient (Wildman–Crippen LogP) is -2.96. The van der Waals surface area contributed by atoms with Crippen molar-refractivity contribution in [3.05, 3.63) is 344 Å². The summed E-state index contributed by atoms with van der Waals surface area (Å²) in [7, 11) is 0. The fraction of sp³-hybridized carbons (Fsp3) is 0.0909. The number of para-hydroxylation sites is 20. The zero-order chi connectivity index (χ0) is 79.8. The van der Waals surface area contributed by atoms with Gasteiger partial charge in [-0.3, -0.25) is 101 Å². The Bertz CT molecular complexity index is 3650. The van der Waals surface area contributed by atoms with Gasteiger partial charge in [-0.2, -0.15) is 0 Å². The molecule has 112 heavy (non-hydrogen) atoms. The van der Waals surface area contributed by atoms with E-state index in [2.05, 4.69) is 0 Å². The van der Waals surface area contributed by atoms with Crippen molar-refractivity contribution in [2.24, 2.45) is 0 Å². The van der Waals surface area contributed by atoms with Gasteiger partial charge in [0.25, 0.3) is 56.9 Å². The quantitative estimate of drug-likeness (QED) is 0.0750. The normalized spacial score (nSPS) is 9.50. The Morgan fingerprint density at radius 3 is 0.259 bits per heavy atom. The van der Waals surface area contributed by atoms with Crippen molar-refractivity contribution in [1.29, 1.82) is 0 Å². The second-order valence-electron chi connectivity index (χ2n) is 19.4. The van der Waals surface area contributed by atoms with E-state index in [1.54, 1.807) is 0 Å². The molecule has 40 nitrogen and oxygen atoms in total. The molecule has 0 aromatic heterocycles. The van der Waals surface area contributed by atoms with Gasteiger partial charge in [-0.25, -0.2) is 0 Å². The smallest absolute Gasteiger partial charge is 0.868 e. The number of benzene rings is 10. The SMILES string of the molecule is C1CCCCC1.O=[N+]([O-])c1ccccc1[O-].O=[N+]([O-])c1ccccc1[O-].O=[N+]([O-])c1ccccc1[O-].O=[N+]([O-])c1ccccc1[O-].O=[N+]([O-])c1ccccc1[O-].O=[N+]([O-])c1ccccc1[O-].O=[N+]([O-])c1ccccc1[O-].O=[N+]([O-])c1ccccc1[O-].O=[N+]([O-])c1ccccc1[O-].O=[N+]([O-])c1ccccc1[O-].[Eu+3].[Eu+3].[K+].[K+].[K+].[K+]. The van der Waals surface area contributed by atoms with E-state index in [4.69, 9.17) is 0 Å². The van der Waals surface area contributed by atoms with Crippen molar-refractivity contribution in [2.45, 2.75) is 38.5 Å². The molecular formula is C66H52Eu2K4N10O30. The van der Waals surface area contributed by atoms with E-state index in [-0.39, 0.29) is 361 Å². The molecule has 1 saturated carbocycles. The van der Waals surface area contributed by atoms with Gasteiger partial charge in [0.2, 0.25) is 0 Å². The monoisotopic (exact) mass is 1930 g/mol. The predicted molar refractivity (Wildman–Crippen MR) is 353 cm³/mol. The third kappa shape index (κ3) is 49.0. The zero-order valence-electron chi connectivity index (χ0n) is 58.8. The van der Waals surface area contributed by atoms with Crippen molar-refractivity contribution in [1.82, 2.24) is 0 Å². The first kappa shape index (κ1) is 117. The first-order valence-corrected chi connectivity index (χ1v) is 29.2. The topological polar surface area (TPSA) is 662 Å². The summed E-state index contributed by atoms with van der Waals surface area (Å²) >= 11 is 0. The fourth-order valence-corrected chi connectivity index (χ4v) is 7.14. The summed E-state index contributed by atoms with van der Waals surface area (Å²) in [4.78, 5) is 93.4. The molecule has 0 radical (unpaired) electrons. The molecule has 0 unspecified atom stereocenters. The number of hydrogen-bond acceptors (Lipinski definition) is 30. The second-order valence-corrected chi connectivity index (χ2v) is 19.4. The van der Waals surface area contributed by atoms with Crippen molar-refractivity contribution in [2.75, 3.05) is 0 Å². The van der Waals surface area contributed by atoms with E-state index in [1.165, 1.54) is 221 Å². The van der Waals surface area contributed by atoms with E-state index >= 15 is 0 Å². The molecule has 1 aliphatic rings. The van der Waals surface area contributed by atoms with Gasteiger partial charge < -0.3 is 51.1 Å². The summed E-state index contributed by atoms with van der Waals surface area (Å²) in [6.45, 7) is 0. The molecule has 0 N–H and O–H groups in total. The summed E-state index contributed by atoms with van der Waals surface area (Å²) in [5.41, 5.74) is -3.73. The molecule has 0 bridgehead atoms. The van der Waals surface area contributed by atoms with Gasteiger partial charge in [-0.05, 0) is 57.5 Å². The summed E-state index contributed by atoms with van der Waals surface area (Å²) in [6, 6.07) is 52.7. The Morgan fingerprint density at radius 1 is 0.152 bits per heavy atom. The molecule has 0 heterocycles. The molecule has 0 spiro atoms. The standard InChI is InChI=1S/10C6H5NO3.C6H12.2Eu.4K/c10*8-6-4-2-1-3-5(6)7(9)10;1-2-4-6-5-3-1;;;;;;/h10*1-4,8H;1-6H2;;;;;;/q;;;;;;;;;;;2*+3;4*+1/p-10. The van der Waals surface area contributed by atoms with Crippen LogP contribution in [0.4, 0.5) is 56.9 Å². The Labute approximate surface area is 884 Å². The van der Waals surface area contributed by atoms with Crippen molar-refractivity contribution >= 4 is 56.9 Å². The Kier molecular flexibility index (Phi) is 70.0. The van der Waals surface area contributed by atoms with Gasteiger partial charge in [0.05, 0.1) is 49.2 Å². The molecule has 0 amide bonds. The molecule has 0 atom stereocenters. The Balaban J connectivity index is -0.000000275. The molecule has 564 valence electrons. The molecule has 46 heteroatoms. The number of hydrogen-bond donors (Lipinski definition) is 0. The van der Waals surface area contributed by atoms with Crippen LogP contribution in [-0.2, 0) is 0 Å². The minimum Gasteiger partial charge on any atom is -0.868 e. The maximum atomic E-state index is 10.6. The molecule has 0 aliphatic heterocycles. The molecule has 10 aromatic rings. The van der Waals surface area contributed by atoms with Crippen LogP contribution in [0.2, 0.25) is 0 Å². The molecule has 1 fully saturated rings. The van der Waals surface area contributed by atoms with Gasteiger partial charge in [0, 0.05) is 60.7 Å². The minimum absolute atomic E-state index is 0. The van der Waals surface area contributed by atoms with Crippen LogP contribution in [0.25, 0.3) is 0 Å². The fourth-order valence-electron chi connectivity index (χ4n) is 7.14. The average Bonchev–Trinajstić information content (AvgIpc) is 0.987. The van der Waals surface area contributed by atoms with Gasteiger partial charge in [0.1, 0.15) is 0 Å². The van der Waals surface area contributed by atoms with Crippen LogP contribution in [0.15, 0.2) is 243 Å². The molecule has 10 aromatic carbocycles. The van der Waals surface area contributed by atoms with Gasteiger partial charge in [-0.15, -0.1) is 0 Å². The van der Waals surface area contributed by atoms with E-state index in [0.717, 1.165) is 60.7 Å². The van der Waals surface area contributed by atoms with Gasteiger partial charge in [0.15, 0.2) is 0 Å². The van der Waals surface area contributed by atoms with Crippen LogP contribution in [0, 0.1) is 200 Å². The number of rotatable bonds is 10. The van der Waals surface area contributed by atoms with Crippen LogP contribution in [0.1, 0.15) is 38.5 Å². The van der Waals surface area contributed by atoms with Crippen LogP contribution in [0.3, 0.4) is 0 Å². The zero-order valence-corrected chi connectivity index (χ0v) is 76.2. The minimum atomic E-state index is -0.692. The molecular weight excluding hydrogens is 1870 g/mol. The third-order valence-corrected chi connectivity index (χ3v) is 12.1. The summed E-state index contributed by atoms with van der Waals surface area (Å²) < 4.78 is 0. The summed E-state index contributed by atoms with van der Waals surface area (Å²) in [5.74, 6) is -5.49. The molecule has 0 saturated heterocycles. The van der Waals surface area contributed by atoms with Crippen molar-refractivity contribution < 1.29 is 405 Å². The van der Waals surface area contributed by atoms with Crippen molar-refractivity contribution in [3.8, 4) is 57.5 Å².